The van der Waals surface area contributed by atoms with E-state index in [1.165, 1.54) is 0 Å². The molecule has 5 heteroatoms. The van der Waals surface area contributed by atoms with E-state index in [0.717, 1.165) is 4.90 Å². The largest absolute Gasteiger partial charge is 0.480 e. The molecule has 1 amide bonds. The Balaban J connectivity index is 4.41. The zero-order chi connectivity index (χ0) is 11.8. The lowest BCUT2D eigenvalue weighted by Crippen LogP contribution is -2.41. The van der Waals surface area contributed by atoms with Gasteiger partial charge in [0.1, 0.15) is 6.54 Å². The van der Waals surface area contributed by atoms with Crippen molar-refractivity contribution in [1.29, 1.82) is 0 Å². The number of nitrogens with zero attached hydrogens (tertiary/aromatic N) is 1. The highest BCUT2D eigenvalue weighted by atomic mass is 16.4. The van der Waals surface area contributed by atoms with Crippen LogP contribution in [0.5, 0.6) is 0 Å². The Hall–Kier alpha value is -1.54. The molecule has 0 aromatic rings. The van der Waals surface area contributed by atoms with E-state index in [9.17, 15) is 9.59 Å². The van der Waals surface area contributed by atoms with Gasteiger partial charge in [-0.3, -0.25) is 9.59 Å². The van der Waals surface area contributed by atoms with Gasteiger partial charge < -0.3 is 15.3 Å². The number of amides is 1. The number of hydrogen-bond acceptors (Lipinski definition) is 3. The van der Waals surface area contributed by atoms with Crippen molar-refractivity contribution in [1.82, 2.24) is 10.2 Å². The Morgan fingerprint density at radius 1 is 1.60 bits per heavy atom. The molecule has 1 atom stereocenters. The molecule has 2 N–H and O–H groups in total. The molecule has 5 nitrogen and oxygen atoms in total. The molecule has 0 aromatic carbocycles. The number of hydrogen-bond donors (Lipinski definition) is 2. The third-order valence-corrected chi connectivity index (χ3v) is 1.85. The fourth-order valence-electron chi connectivity index (χ4n) is 1.19. The molecule has 0 fully saturated rings. The van der Waals surface area contributed by atoms with Crippen molar-refractivity contribution in [2.75, 3.05) is 26.7 Å². The normalized spacial score (nSPS) is 11.5. The maximum absolute atomic E-state index is 11.7. The summed E-state index contributed by atoms with van der Waals surface area (Å²) in [5.41, 5.74) is 0. The fourth-order valence-corrected chi connectivity index (χ4v) is 1.19. The van der Waals surface area contributed by atoms with E-state index in [0.29, 0.717) is 6.54 Å². The van der Waals surface area contributed by atoms with E-state index >= 15 is 0 Å². The van der Waals surface area contributed by atoms with Crippen LogP contribution in [0.15, 0.2) is 0 Å². The molecule has 0 saturated carbocycles. The lowest BCUT2D eigenvalue weighted by atomic mass is 10.1. The lowest BCUT2D eigenvalue weighted by molar-refractivity contribution is -0.145. The summed E-state index contributed by atoms with van der Waals surface area (Å²) >= 11 is 0. The van der Waals surface area contributed by atoms with Crippen molar-refractivity contribution in [3.8, 4) is 12.3 Å². The Labute approximate surface area is 89.4 Å². The molecular weight excluding hydrogens is 196 g/mol. The third kappa shape index (κ3) is 5.03. The molecule has 0 radical (unpaired) electrons. The topological polar surface area (TPSA) is 69.6 Å². The first kappa shape index (κ1) is 13.5. The van der Waals surface area contributed by atoms with E-state index in [4.69, 9.17) is 11.5 Å². The van der Waals surface area contributed by atoms with E-state index in [2.05, 4.69) is 11.2 Å². The summed E-state index contributed by atoms with van der Waals surface area (Å²) in [6.45, 7) is 1.90. The summed E-state index contributed by atoms with van der Waals surface area (Å²) in [5.74, 6) is 0.692. The molecule has 0 aliphatic carbocycles. The van der Waals surface area contributed by atoms with Gasteiger partial charge >= 0.3 is 5.97 Å². The molecule has 84 valence electrons. The van der Waals surface area contributed by atoms with Gasteiger partial charge in [0.15, 0.2) is 0 Å². The fraction of sp³-hybridized carbons (Fsp3) is 0.600. The SMILES string of the molecule is C#CCN(CC(=O)O)C(=O)C(C)CNC. The molecule has 0 spiro atoms. The molecule has 1 unspecified atom stereocenters. The van der Waals surface area contributed by atoms with Crippen LogP contribution in [-0.2, 0) is 9.59 Å². The predicted octanol–water partition coefficient (Wildman–Crippen LogP) is -0.612. The maximum Gasteiger partial charge on any atom is 0.323 e. The first-order valence-electron chi connectivity index (χ1n) is 4.61. The number of carboxylic acids is 1. The van der Waals surface area contributed by atoms with Crippen LogP contribution in [-0.4, -0.2) is 48.6 Å². The van der Waals surface area contributed by atoms with Gasteiger partial charge in [-0.05, 0) is 7.05 Å². The highest BCUT2D eigenvalue weighted by molar-refractivity contribution is 5.83. The van der Waals surface area contributed by atoms with Crippen LogP contribution in [0.4, 0.5) is 0 Å². The molecule has 15 heavy (non-hydrogen) atoms. The highest BCUT2D eigenvalue weighted by Gasteiger charge is 2.20. The minimum Gasteiger partial charge on any atom is -0.480 e. The first-order chi connectivity index (χ1) is 7.02. The first-order valence-corrected chi connectivity index (χ1v) is 4.61. The summed E-state index contributed by atoms with van der Waals surface area (Å²) in [7, 11) is 1.73. The summed E-state index contributed by atoms with van der Waals surface area (Å²) in [6, 6.07) is 0. The average molecular weight is 212 g/mol. The standard InChI is InChI=1S/C10H16N2O3/c1-4-5-12(7-9(13)14)10(15)8(2)6-11-3/h1,8,11H,5-7H2,2-3H3,(H,13,14). The molecule has 0 saturated heterocycles. The minimum atomic E-state index is -1.06. The molecule has 0 aliphatic heterocycles. The van der Waals surface area contributed by atoms with Crippen LogP contribution >= 0.6 is 0 Å². The van der Waals surface area contributed by atoms with Crippen molar-refractivity contribution < 1.29 is 14.7 Å². The second-order valence-corrected chi connectivity index (χ2v) is 3.25. The summed E-state index contributed by atoms with van der Waals surface area (Å²) in [5, 5.41) is 11.4. The van der Waals surface area contributed by atoms with Gasteiger partial charge in [0.25, 0.3) is 0 Å². The van der Waals surface area contributed by atoms with Crippen molar-refractivity contribution in [2.24, 2.45) is 5.92 Å². The molecule has 0 heterocycles. The molecule has 0 bridgehead atoms. The van der Waals surface area contributed by atoms with Crippen molar-refractivity contribution >= 4 is 11.9 Å². The number of nitrogens with one attached hydrogen (secondary N) is 1. The van der Waals surface area contributed by atoms with Gasteiger partial charge in [0.05, 0.1) is 6.54 Å². The van der Waals surface area contributed by atoms with E-state index in [1.807, 2.05) is 0 Å². The van der Waals surface area contributed by atoms with Crippen molar-refractivity contribution in [2.45, 2.75) is 6.92 Å². The molecule has 0 rings (SSSR count). The second kappa shape index (κ2) is 6.85. The molecular formula is C10H16N2O3. The Morgan fingerprint density at radius 2 is 2.20 bits per heavy atom. The van der Waals surface area contributed by atoms with Gasteiger partial charge in [0, 0.05) is 12.5 Å². The number of carboxylic acid groups (broad SMARTS) is 1. The van der Waals surface area contributed by atoms with Crippen molar-refractivity contribution in [3.63, 3.8) is 0 Å². The zero-order valence-corrected chi connectivity index (χ0v) is 8.99. The molecule has 0 aliphatic rings. The van der Waals surface area contributed by atoms with Gasteiger partial charge in [-0.1, -0.05) is 12.8 Å². The number of carbonyl (C=O) groups is 2. The summed E-state index contributed by atoms with van der Waals surface area (Å²) in [4.78, 5) is 23.3. The Morgan fingerprint density at radius 3 is 2.60 bits per heavy atom. The predicted molar refractivity (Wildman–Crippen MR) is 56.1 cm³/mol. The maximum atomic E-state index is 11.7. The van der Waals surface area contributed by atoms with E-state index in [-0.39, 0.29) is 24.9 Å². The van der Waals surface area contributed by atoms with Crippen LogP contribution < -0.4 is 5.32 Å². The number of terminal acetylenes is 1. The monoisotopic (exact) mass is 212 g/mol. The minimum absolute atomic E-state index is 0.0270. The Bertz CT molecular complexity index is 270. The number of aliphatic carboxylic acids is 1. The van der Waals surface area contributed by atoms with Crippen LogP contribution in [0.3, 0.4) is 0 Å². The van der Waals surface area contributed by atoms with Gasteiger partial charge in [-0.15, -0.1) is 6.42 Å². The highest BCUT2D eigenvalue weighted by Crippen LogP contribution is 2.01. The number of rotatable bonds is 6. The quantitative estimate of drug-likeness (QED) is 0.576. The van der Waals surface area contributed by atoms with E-state index < -0.39 is 5.97 Å². The van der Waals surface area contributed by atoms with Crippen molar-refractivity contribution in [3.05, 3.63) is 0 Å². The smallest absolute Gasteiger partial charge is 0.323 e. The van der Waals surface area contributed by atoms with Crippen LogP contribution in [0, 0.1) is 18.3 Å². The van der Waals surface area contributed by atoms with Gasteiger partial charge in [-0.25, -0.2) is 0 Å². The second-order valence-electron chi connectivity index (χ2n) is 3.25. The number of carbonyl (C=O) groups excluding carboxylic acids is 1. The zero-order valence-electron chi connectivity index (χ0n) is 8.99. The average Bonchev–Trinajstić information content (AvgIpc) is 2.16. The summed E-state index contributed by atoms with van der Waals surface area (Å²) < 4.78 is 0. The van der Waals surface area contributed by atoms with Gasteiger partial charge in [-0.2, -0.15) is 0 Å². The third-order valence-electron chi connectivity index (χ3n) is 1.85. The van der Waals surface area contributed by atoms with Crippen LogP contribution in [0.25, 0.3) is 0 Å². The van der Waals surface area contributed by atoms with E-state index in [1.54, 1.807) is 14.0 Å². The van der Waals surface area contributed by atoms with Crippen LogP contribution in [0.2, 0.25) is 0 Å². The van der Waals surface area contributed by atoms with Crippen LogP contribution in [0.1, 0.15) is 6.92 Å². The lowest BCUT2D eigenvalue weighted by Gasteiger charge is -2.21. The molecule has 0 aromatic heterocycles. The Kier molecular flexibility index (Phi) is 6.14. The van der Waals surface area contributed by atoms with Gasteiger partial charge in [0.2, 0.25) is 5.91 Å². The summed E-state index contributed by atoms with van der Waals surface area (Å²) in [6.07, 6.45) is 5.06.